The summed E-state index contributed by atoms with van der Waals surface area (Å²) in [4.78, 5) is 4.21. The second kappa shape index (κ2) is 6.50. The number of nitrogens with two attached hydrogens (primary N) is 1. The number of rotatable bonds is 5. The zero-order chi connectivity index (χ0) is 13.7. The van der Waals surface area contributed by atoms with Gasteiger partial charge in [-0.15, -0.1) is 0 Å². The summed E-state index contributed by atoms with van der Waals surface area (Å²) >= 11 is 5.95. The molecule has 19 heavy (non-hydrogen) atoms. The smallest absolute Gasteiger partial charge is 0.138 e. The molecular formula is C14H14ClFN2O. The molecule has 0 aliphatic rings. The molecule has 1 heterocycles. The molecule has 0 fully saturated rings. The molecule has 2 aromatic rings. The van der Waals surface area contributed by atoms with Crippen LogP contribution in [0.3, 0.4) is 0 Å². The van der Waals surface area contributed by atoms with Gasteiger partial charge >= 0.3 is 0 Å². The van der Waals surface area contributed by atoms with E-state index >= 15 is 0 Å². The molecule has 0 amide bonds. The van der Waals surface area contributed by atoms with E-state index in [-0.39, 0.29) is 12.4 Å². The van der Waals surface area contributed by atoms with E-state index in [4.69, 9.17) is 22.1 Å². The molecular weight excluding hydrogens is 267 g/mol. The van der Waals surface area contributed by atoms with E-state index in [1.54, 1.807) is 6.20 Å². The first kappa shape index (κ1) is 13.8. The summed E-state index contributed by atoms with van der Waals surface area (Å²) in [5, 5.41) is 0.481. The van der Waals surface area contributed by atoms with E-state index < -0.39 is 0 Å². The Morgan fingerprint density at radius 2 is 2.11 bits per heavy atom. The van der Waals surface area contributed by atoms with Gasteiger partial charge < -0.3 is 10.5 Å². The van der Waals surface area contributed by atoms with Crippen molar-refractivity contribution in [3.05, 3.63) is 58.6 Å². The van der Waals surface area contributed by atoms with Gasteiger partial charge in [-0.25, -0.2) is 4.39 Å². The Labute approximate surface area is 116 Å². The molecule has 5 heteroatoms. The fourth-order valence-electron chi connectivity index (χ4n) is 1.61. The van der Waals surface area contributed by atoms with Crippen LogP contribution in [0.5, 0.6) is 5.75 Å². The van der Waals surface area contributed by atoms with Crippen LogP contribution in [0, 0.1) is 5.82 Å². The lowest BCUT2D eigenvalue weighted by atomic mass is 10.2. The highest BCUT2D eigenvalue weighted by Crippen LogP contribution is 2.19. The van der Waals surface area contributed by atoms with Crippen molar-refractivity contribution in [3.63, 3.8) is 0 Å². The van der Waals surface area contributed by atoms with Gasteiger partial charge in [0.25, 0.3) is 0 Å². The minimum Gasteiger partial charge on any atom is -0.487 e. The Morgan fingerprint density at radius 3 is 2.79 bits per heavy atom. The highest BCUT2D eigenvalue weighted by molar-refractivity contribution is 6.31. The standard InChI is InChI=1S/C14H14ClFN2O/c15-14-4-1-11(16)7-10(14)9-19-13-3-2-12(5-6-17)18-8-13/h1-4,7-8H,5-6,9,17H2. The normalized spacial score (nSPS) is 10.5. The van der Waals surface area contributed by atoms with E-state index in [0.717, 1.165) is 12.1 Å². The van der Waals surface area contributed by atoms with Crippen molar-refractivity contribution in [2.45, 2.75) is 13.0 Å². The summed E-state index contributed by atoms with van der Waals surface area (Å²) in [5.41, 5.74) is 6.96. The van der Waals surface area contributed by atoms with Crippen LogP contribution in [-0.4, -0.2) is 11.5 Å². The van der Waals surface area contributed by atoms with Crippen molar-refractivity contribution in [3.8, 4) is 5.75 Å². The van der Waals surface area contributed by atoms with Crippen LogP contribution < -0.4 is 10.5 Å². The van der Waals surface area contributed by atoms with Crippen molar-refractivity contribution >= 4 is 11.6 Å². The summed E-state index contributed by atoms with van der Waals surface area (Å²) < 4.78 is 18.6. The molecule has 3 nitrogen and oxygen atoms in total. The summed E-state index contributed by atoms with van der Waals surface area (Å²) in [6, 6.07) is 7.85. The van der Waals surface area contributed by atoms with Gasteiger partial charge in [0, 0.05) is 22.7 Å². The van der Waals surface area contributed by atoms with Gasteiger partial charge in [-0.05, 0) is 36.9 Å². The van der Waals surface area contributed by atoms with E-state index in [1.165, 1.54) is 18.2 Å². The lowest BCUT2D eigenvalue weighted by Crippen LogP contribution is -2.04. The average Bonchev–Trinajstić information content (AvgIpc) is 2.42. The second-order valence-electron chi connectivity index (χ2n) is 4.05. The maximum Gasteiger partial charge on any atom is 0.138 e. The first-order valence-corrected chi connectivity index (χ1v) is 6.28. The maximum atomic E-state index is 13.1. The fraction of sp³-hybridized carbons (Fsp3) is 0.214. The van der Waals surface area contributed by atoms with Crippen LogP contribution in [0.4, 0.5) is 4.39 Å². The van der Waals surface area contributed by atoms with E-state index in [2.05, 4.69) is 4.98 Å². The van der Waals surface area contributed by atoms with Crippen molar-refractivity contribution in [1.82, 2.24) is 4.98 Å². The predicted octanol–water partition coefficient (Wildman–Crippen LogP) is 2.95. The Hall–Kier alpha value is -1.65. The molecule has 0 atom stereocenters. The molecule has 0 saturated carbocycles. The molecule has 100 valence electrons. The van der Waals surface area contributed by atoms with Crippen LogP contribution in [0.25, 0.3) is 0 Å². The average molecular weight is 281 g/mol. The van der Waals surface area contributed by atoms with Crippen molar-refractivity contribution in [2.75, 3.05) is 6.54 Å². The monoisotopic (exact) mass is 280 g/mol. The first-order chi connectivity index (χ1) is 9.19. The SMILES string of the molecule is NCCc1ccc(OCc2cc(F)ccc2Cl)cn1. The zero-order valence-electron chi connectivity index (χ0n) is 10.3. The lowest BCUT2D eigenvalue weighted by molar-refractivity contribution is 0.304. The van der Waals surface area contributed by atoms with E-state index in [9.17, 15) is 4.39 Å². The number of aromatic nitrogens is 1. The van der Waals surface area contributed by atoms with E-state index in [1.807, 2.05) is 12.1 Å². The molecule has 0 aliphatic carbocycles. The number of halogens is 2. The van der Waals surface area contributed by atoms with Gasteiger partial charge in [0.1, 0.15) is 18.2 Å². The van der Waals surface area contributed by atoms with E-state index in [0.29, 0.717) is 22.9 Å². The van der Waals surface area contributed by atoms with Gasteiger partial charge in [0.15, 0.2) is 0 Å². The van der Waals surface area contributed by atoms with Crippen LogP contribution in [0.2, 0.25) is 5.02 Å². The molecule has 0 aliphatic heterocycles. The van der Waals surface area contributed by atoms with Gasteiger partial charge in [-0.2, -0.15) is 0 Å². The molecule has 0 spiro atoms. The quantitative estimate of drug-likeness (QED) is 0.916. The summed E-state index contributed by atoms with van der Waals surface area (Å²) in [7, 11) is 0. The fourth-order valence-corrected chi connectivity index (χ4v) is 1.78. The Balaban J connectivity index is 2.00. The van der Waals surface area contributed by atoms with Gasteiger partial charge in [0.05, 0.1) is 6.20 Å². The lowest BCUT2D eigenvalue weighted by Gasteiger charge is -2.08. The van der Waals surface area contributed by atoms with Crippen molar-refractivity contribution in [1.29, 1.82) is 0 Å². The van der Waals surface area contributed by atoms with Gasteiger partial charge in [0.2, 0.25) is 0 Å². The third-order valence-electron chi connectivity index (χ3n) is 2.60. The molecule has 1 aromatic carbocycles. The van der Waals surface area contributed by atoms with Crippen LogP contribution in [-0.2, 0) is 13.0 Å². The predicted molar refractivity (Wildman–Crippen MR) is 72.7 cm³/mol. The summed E-state index contributed by atoms with van der Waals surface area (Å²) in [6.07, 6.45) is 2.36. The third kappa shape index (κ3) is 3.91. The van der Waals surface area contributed by atoms with Crippen molar-refractivity contribution in [2.24, 2.45) is 5.73 Å². The molecule has 0 radical (unpaired) electrons. The molecule has 0 bridgehead atoms. The Kier molecular flexibility index (Phi) is 4.71. The number of hydrogen-bond acceptors (Lipinski definition) is 3. The molecule has 1 aromatic heterocycles. The Morgan fingerprint density at radius 1 is 1.26 bits per heavy atom. The first-order valence-electron chi connectivity index (χ1n) is 5.91. The van der Waals surface area contributed by atoms with Crippen LogP contribution in [0.1, 0.15) is 11.3 Å². The number of pyridine rings is 1. The molecule has 2 rings (SSSR count). The van der Waals surface area contributed by atoms with Crippen LogP contribution in [0.15, 0.2) is 36.5 Å². The molecule has 2 N–H and O–H groups in total. The molecule has 0 unspecified atom stereocenters. The summed E-state index contributed by atoms with van der Waals surface area (Å²) in [6.45, 7) is 0.764. The minimum absolute atomic E-state index is 0.203. The summed E-state index contributed by atoms with van der Waals surface area (Å²) in [5.74, 6) is 0.278. The van der Waals surface area contributed by atoms with Crippen molar-refractivity contribution < 1.29 is 9.13 Å². The number of nitrogens with zero attached hydrogens (tertiary/aromatic N) is 1. The van der Waals surface area contributed by atoms with Crippen LogP contribution >= 0.6 is 11.6 Å². The third-order valence-corrected chi connectivity index (χ3v) is 2.97. The minimum atomic E-state index is -0.334. The maximum absolute atomic E-state index is 13.1. The van der Waals surface area contributed by atoms with Gasteiger partial charge in [-0.1, -0.05) is 11.6 Å². The van der Waals surface area contributed by atoms with Gasteiger partial charge in [-0.3, -0.25) is 4.98 Å². The second-order valence-corrected chi connectivity index (χ2v) is 4.46. The highest BCUT2D eigenvalue weighted by Gasteiger charge is 2.04. The zero-order valence-corrected chi connectivity index (χ0v) is 11.0. The highest BCUT2D eigenvalue weighted by atomic mass is 35.5. The number of ether oxygens (including phenoxy) is 1. The Bertz CT molecular complexity index is 546. The number of hydrogen-bond donors (Lipinski definition) is 1. The molecule has 0 saturated heterocycles. The number of benzene rings is 1. The largest absolute Gasteiger partial charge is 0.487 e. The topological polar surface area (TPSA) is 48.1 Å².